The van der Waals surface area contributed by atoms with E-state index in [-0.39, 0.29) is 47.6 Å². The van der Waals surface area contributed by atoms with E-state index in [2.05, 4.69) is 24.8 Å². The van der Waals surface area contributed by atoms with Gasteiger partial charge in [-0.15, -0.1) is 0 Å². The lowest BCUT2D eigenvalue weighted by Gasteiger charge is -2.43. The Morgan fingerprint density at radius 3 is 1.67 bits per heavy atom. The maximum Gasteiger partial charge on any atom is 0.488 e. The smallest absolute Gasteiger partial charge is 0.423 e. The molecule has 4 heterocycles. The van der Waals surface area contributed by atoms with Crippen LogP contribution in [0.15, 0.2) is 60.9 Å². The van der Waals surface area contributed by atoms with Gasteiger partial charge in [-0.2, -0.15) is 4.98 Å². The highest BCUT2D eigenvalue weighted by Gasteiger charge is 2.42. The number of likely N-dealkylation sites (N-methyl/N-ethyl adjacent to an activating group) is 2. The summed E-state index contributed by atoms with van der Waals surface area (Å²) in [5, 5.41) is 17.7. The Balaban J connectivity index is 0.000000186. The first kappa shape index (κ1) is 46.4. The largest absolute Gasteiger partial charge is 0.488 e. The molecule has 61 heavy (non-hydrogen) atoms. The van der Waals surface area contributed by atoms with E-state index in [1.807, 2.05) is 19.9 Å². The molecule has 16 nitrogen and oxygen atoms in total. The maximum atomic E-state index is 12.9. The van der Waals surface area contributed by atoms with Crippen LogP contribution in [0, 0.1) is 0 Å². The third kappa shape index (κ3) is 9.95. The van der Waals surface area contributed by atoms with Crippen LogP contribution < -0.4 is 36.5 Å². The number of fused-ring (bicyclic) bond motifs is 2. The van der Waals surface area contributed by atoms with Gasteiger partial charge in [0, 0.05) is 42.9 Å². The Bertz CT molecular complexity index is 2220. The number of hydrogen-bond acceptors (Lipinski definition) is 12. The van der Waals surface area contributed by atoms with Crippen molar-refractivity contribution in [2.45, 2.75) is 110 Å². The van der Waals surface area contributed by atoms with E-state index in [0.717, 1.165) is 67.1 Å². The normalized spacial score (nSPS) is 18.6. The average molecular weight is 855 g/mol. The molecule has 324 valence electrons. The van der Waals surface area contributed by atoms with Crippen molar-refractivity contribution >= 4 is 70.8 Å². The lowest BCUT2D eigenvalue weighted by molar-refractivity contribution is -0.120. The van der Waals surface area contributed by atoms with E-state index in [1.165, 1.54) is 49.9 Å². The fourth-order valence-corrected chi connectivity index (χ4v) is 8.68. The fraction of sp³-hybridized carbons (Fsp3) is 0.442. The summed E-state index contributed by atoms with van der Waals surface area (Å²) in [7, 11) is 2.00. The number of amides is 4. The van der Waals surface area contributed by atoms with Crippen molar-refractivity contribution in [3.8, 4) is 11.4 Å². The van der Waals surface area contributed by atoms with Crippen LogP contribution in [0.4, 0.5) is 23.0 Å². The molecule has 0 spiro atoms. The van der Waals surface area contributed by atoms with Crippen LogP contribution in [-0.4, -0.2) is 99.0 Å². The Hall–Kier alpha value is -5.65. The first-order valence-electron chi connectivity index (χ1n) is 20.4. The first-order valence-corrected chi connectivity index (χ1v) is 20.8. The topological polar surface area (TPSA) is 225 Å². The van der Waals surface area contributed by atoms with Gasteiger partial charge >= 0.3 is 7.12 Å². The van der Waals surface area contributed by atoms with Gasteiger partial charge in [-0.05, 0) is 79.9 Å². The lowest BCUT2D eigenvalue weighted by Crippen LogP contribution is -2.55. The van der Waals surface area contributed by atoms with Gasteiger partial charge in [0.15, 0.2) is 17.5 Å². The van der Waals surface area contributed by atoms with Gasteiger partial charge in [-0.25, -0.2) is 15.0 Å². The summed E-state index contributed by atoms with van der Waals surface area (Å²) in [5.41, 5.74) is 13.6. The average Bonchev–Trinajstić information content (AvgIpc) is 3.99. The Kier molecular flexibility index (Phi) is 15.4. The molecule has 0 saturated heterocycles. The molecule has 2 atom stereocenters. The number of anilines is 4. The van der Waals surface area contributed by atoms with Crippen molar-refractivity contribution < 1.29 is 29.2 Å². The maximum absolute atomic E-state index is 12.9. The second-order valence-corrected chi connectivity index (χ2v) is 15.7. The number of halogens is 1. The van der Waals surface area contributed by atoms with E-state index in [9.17, 15) is 19.2 Å². The molecule has 4 amide bonds. The highest BCUT2D eigenvalue weighted by molar-refractivity contribution is 6.58. The van der Waals surface area contributed by atoms with Crippen molar-refractivity contribution in [2.24, 2.45) is 11.5 Å². The van der Waals surface area contributed by atoms with Crippen LogP contribution in [0.2, 0.25) is 5.28 Å². The molecule has 8 rings (SSSR count). The highest BCUT2D eigenvalue weighted by Crippen LogP contribution is 2.41. The molecule has 2 saturated carbocycles. The molecule has 4 aliphatic rings. The minimum Gasteiger partial charge on any atom is -0.423 e. The molecule has 6 N–H and O–H groups in total. The Labute approximate surface area is 362 Å². The minimum atomic E-state index is -1.57. The molecule has 2 fully saturated rings. The van der Waals surface area contributed by atoms with Crippen molar-refractivity contribution in [2.75, 3.05) is 33.7 Å². The van der Waals surface area contributed by atoms with Gasteiger partial charge in [0.25, 0.3) is 0 Å². The van der Waals surface area contributed by atoms with Gasteiger partial charge < -0.3 is 41.1 Å². The van der Waals surface area contributed by atoms with Gasteiger partial charge in [-0.3, -0.25) is 19.2 Å². The third-order valence-electron chi connectivity index (χ3n) is 11.7. The summed E-state index contributed by atoms with van der Waals surface area (Å²) in [4.78, 5) is 73.2. The first-order chi connectivity index (χ1) is 28.7. The molecule has 2 aliphatic heterocycles. The molecule has 2 aromatic heterocycles. The Morgan fingerprint density at radius 2 is 1.20 bits per heavy atom. The van der Waals surface area contributed by atoms with Gasteiger partial charge in [0.2, 0.25) is 28.9 Å². The number of benzene rings is 2. The van der Waals surface area contributed by atoms with E-state index < -0.39 is 18.9 Å². The summed E-state index contributed by atoms with van der Waals surface area (Å²) in [6.07, 6.45) is 14.0. The summed E-state index contributed by atoms with van der Waals surface area (Å²) < 4.78 is 0. The number of nitrogens with two attached hydrogens (primary N) is 2. The van der Waals surface area contributed by atoms with Gasteiger partial charge in [0.1, 0.15) is 23.5 Å². The van der Waals surface area contributed by atoms with E-state index in [1.54, 1.807) is 54.5 Å². The zero-order valence-electron chi connectivity index (χ0n) is 34.4. The monoisotopic (exact) mass is 854 g/mol. The zero-order valence-corrected chi connectivity index (χ0v) is 35.1. The van der Waals surface area contributed by atoms with E-state index >= 15 is 0 Å². The molecular weight excluding hydrogens is 799 g/mol. The predicted molar refractivity (Wildman–Crippen MR) is 239 cm³/mol. The van der Waals surface area contributed by atoms with Crippen LogP contribution in [-0.2, 0) is 9.59 Å². The lowest BCUT2D eigenvalue weighted by atomic mass is 9.79. The van der Waals surface area contributed by atoms with Crippen molar-refractivity contribution in [3.05, 3.63) is 77.3 Å². The fourth-order valence-electron chi connectivity index (χ4n) is 8.55. The number of carbonyl (C=O) groups excluding carboxylic acids is 4. The highest BCUT2D eigenvalue weighted by atomic mass is 35.5. The van der Waals surface area contributed by atoms with Crippen molar-refractivity contribution in [1.29, 1.82) is 0 Å². The number of carbonyl (C=O) groups is 4. The van der Waals surface area contributed by atoms with Crippen molar-refractivity contribution in [1.82, 2.24) is 19.9 Å². The molecule has 4 aromatic rings. The SMILES string of the molecule is C.CC[C@@H]1C(=O)N(C)c2cnc(-c3cccc(C(N)=O)c3)nc2N1C1CCCC1.CC[C@@H]1C(=O)N(C)c2cnc(Cl)nc2N1C1CCCC1.NC(=O)c1cccc(B(O)O)c1. The minimum absolute atomic E-state index is 0. The second kappa shape index (κ2) is 20.3. The molecular formula is C43H56BClN10O6. The number of primary amides is 2. The van der Waals surface area contributed by atoms with Crippen LogP contribution in [0.1, 0.15) is 106 Å². The summed E-state index contributed by atoms with van der Waals surface area (Å²) in [5.74, 6) is 1.29. The predicted octanol–water partition coefficient (Wildman–Crippen LogP) is 4.48. The van der Waals surface area contributed by atoms with Crippen molar-refractivity contribution in [3.63, 3.8) is 0 Å². The molecule has 0 radical (unpaired) electrons. The van der Waals surface area contributed by atoms with Crippen LogP contribution in [0.25, 0.3) is 11.4 Å². The van der Waals surface area contributed by atoms with E-state index in [0.29, 0.717) is 23.5 Å². The van der Waals surface area contributed by atoms with Gasteiger partial charge in [-0.1, -0.05) is 71.2 Å². The molecule has 18 heteroatoms. The quantitative estimate of drug-likeness (QED) is 0.142. The number of nitrogens with zero attached hydrogens (tertiary/aromatic N) is 8. The Morgan fingerprint density at radius 1 is 0.738 bits per heavy atom. The molecule has 2 aliphatic carbocycles. The van der Waals surface area contributed by atoms with Crippen LogP contribution >= 0.6 is 11.6 Å². The molecule has 2 aromatic carbocycles. The second-order valence-electron chi connectivity index (χ2n) is 15.4. The summed E-state index contributed by atoms with van der Waals surface area (Å²) in [6, 6.07) is 13.3. The standard InChI is InChI=1S/C21H25N5O2.C14H19ClN4O.C7H8BNO3.CH4/c1-3-16-21(28)25(2)17-12-23-19(14-8-6-7-13(11-14)18(22)27)24-20(17)26(16)15-9-4-5-10-15;1-3-10-13(20)18(2)11-8-16-14(15)17-12(11)19(10)9-6-4-5-7-9;9-7(10)5-2-1-3-6(4-5)8(11)12;/h6-8,11-12,15-16H,3-5,9-10H2,1-2H3,(H2,22,27);8-10H,3-7H2,1-2H3;1-4,11-12H,(H2,9,10);1H4/t16-;10-;;/m11../s1. The summed E-state index contributed by atoms with van der Waals surface area (Å²) >= 11 is 5.97. The molecule has 0 unspecified atom stereocenters. The van der Waals surface area contributed by atoms with Gasteiger partial charge in [0.05, 0.1) is 12.4 Å². The zero-order chi connectivity index (χ0) is 43.2. The third-order valence-corrected chi connectivity index (χ3v) is 11.9. The number of aromatic nitrogens is 4. The summed E-state index contributed by atoms with van der Waals surface area (Å²) in [6.45, 7) is 4.09. The van der Waals surface area contributed by atoms with E-state index in [4.69, 9.17) is 38.1 Å². The number of hydrogen-bond donors (Lipinski definition) is 4. The van der Waals surface area contributed by atoms with Crippen LogP contribution in [0.3, 0.4) is 0 Å². The number of rotatable bonds is 8. The van der Waals surface area contributed by atoms with Crippen LogP contribution in [0.5, 0.6) is 0 Å². The molecule has 0 bridgehead atoms.